The van der Waals surface area contributed by atoms with Crippen molar-refractivity contribution in [2.24, 2.45) is 7.05 Å². The van der Waals surface area contributed by atoms with Gasteiger partial charge in [0.25, 0.3) is 5.56 Å². The van der Waals surface area contributed by atoms with Gasteiger partial charge in [-0.1, -0.05) is 17.7 Å². The van der Waals surface area contributed by atoms with E-state index in [2.05, 4.69) is 26.8 Å². The molecule has 4 rings (SSSR count). The van der Waals surface area contributed by atoms with Crippen molar-refractivity contribution in [1.29, 1.82) is 0 Å². The molecule has 1 aromatic carbocycles. The van der Waals surface area contributed by atoms with Crippen molar-refractivity contribution in [2.45, 2.75) is 19.6 Å². The number of nitrogens with one attached hydrogen (secondary N) is 1. The third kappa shape index (κ3) is 4.35. The highest BCUT2D eigenvalue weighted by Crippen LogP contribution is 2.21. The first-order valence-corrected chi connectivity index (χ1v) is 10.3. The van der Waals surface area contributed by atoms with Crippen molar-refractivity contribution in [2.75, 3.05) is 44.7 Å². The first-order valence-electron chi connectivity index (χ1n) is 10.3. The fourth-order valence-corrected chi connectivity index (χ4v) is 3.73. The highest BCUT2D eigenvalue weighted by atomic mass is 16.5. The summed E-state index contributed by atoms with van der Waals surface area (Å²) >= 11 is 0. The molecular weight excluding hydrogens is 400 g/mol. The molecule has 0 bridgehead atoms. The number of rotatable bonds is 6. The summed E-state index contributed by atoms with van der Waals surface area (Å²) in [6.07, 6.45) is -0.874. The standard InChI is InChI=1S/C21H28N6O4/c1-14-4-6-16(7-5-14)31-13-15(28)12-27-17-18(25(3)21(30)23-19(17)29)22-20(27)26-10-8-24(2)9-11-26/h4-7,15,28H,8-13H2,1-3H3,(H,23,29,30)/t15-/m1/s1. The molecule has 10 heteroatoms. The number of hydrogen-bond donors (Lipinski definition) is 2. The molecule has 10 nitrogen and oxygen atoms in total. The Hall–Kier alpha value is -3.11. The van der Waals surface area contributed by atoms with E-state index in [1.54, 1.807) is 11.6 Å². The summed E-state index contributed by atoms with van der Waals surface area (Å²) in [6.45, 7) is 5.37. The lowest BCUT2D eigenvalue weighted by molar-refractivity contribution is 0.0935. The molecule has 1 saturated heterocycles. The van der Waals surface area contributed by atoms with Crippen molar-refractivity contribution in [1.82, 2.24) is 24.0 Å². The number of aliphatic hydroxyl groups excluding tert-OH is 1. The molecule has 1 atom stereocenters. The van der Waals surface area contributed by atoms with E-state index in [1.165, 1.54) is 4.57 Å². The number of nitrogens with zero attached hydrogens (tertiary/aromatic N) is 5. The summed E-state index contributed by atoms with van der Waals surface area (Å²) in [5, 5.41) is 10.7. The molecule has 0 aliphatic carbocycles. The number of imidazole rings is 1. The van der Waals surface area contributed by atoms with Crippen LogP contribution in [0, 0.1) is 6.92 Å². The average molecular weight is 428 g/mol. The molecule has 3 aromatic rings. The van der Waals surface area contributed by atoms with E-state index < -0.39 is 17.4 Å². The predicted octanol–water partition coefficient (Wildman–Crippen LogP) is -0.0766. The largest absolute Gasteiger partial charge is 0.491 e. The lowest BCUT2D eigenvalue weighted by Gasteiger charge is -2.33. The van der Waals surface area contributed by atoms with E-state index in [9.17, 15) is 14.7 Å². The summed E-state index contributed by atoms with van der Waals surface area (Å²) in [5.74, 6) is 1.24. The van der Waals surface area contributed by atoms with Crippen molar-refractivity contribution in [3.63, 3.8) is 0 Å². The van der Waals surface area contributed by atoms with Crippen LogP contribution in [-0.4, -0.2) is 75.0 Å². The van der Waals surface area contributed by atoms with Crippen LogP contribution in [0.3, 0.4) is 0 Å². The third-order valence-electron chi connectivity index (χ3n) is 5.63. The molecule has 0 saturated carbocycles. The summed E-state index contributed by atoms with van der Waals surface area (Å²) in [6, 6.07) is 7.59. The minimum absolute atomic E-state index is 0.0641. The number of piperazine rings is 1. The highest BCUT2D eigenvalue weighted by molar-refractivity contribution is 5.74. The summed E-state index contributed by atoms with van der Waals surface area (Å²) in [5.41, 5.74) is 0.659. The maximum absolute atomic E-state index is 12.6. The number of aryl methyl sites for hydroxylation is 2. The zero-order valence-corrected chi connectivity index (χ0v) is 18.0. The number of likely N-dealkylation sites (N-methyl/N-ethyl adjacent to an activating group) is 1. The van der Waals surface area contributed by atoms with Crippen molar-refractivity contribution < 1.29 is 9.84 Å². The van der Waals surface area contributed by atoms with Crippen molar-refractivity contribution in [3.05, 3.63) is 50.7 Å². The van der Waals surface area contributed by atoms with Crippen LogP contribution in [0.2, 0.25) is 0 Å². The molecule has 3 heterocycles. The summed E-state index contributed by atoms with van der Waals surface area (Å²) < 4.78 is 8.73. The van der Waals surface area contributed by atoms with Crippen LogP contribution in [-0.2, 0) is 13.6 Å². The SMILES string of the molecule is Cc1ccc(OC[C@H](O)Cn2c(N3CCN(C)CC3)nc3c2c(=O)[nH]c(=O)n3C)cc1. The van der Waals surface area contributed by atoms with Crippen molar-refractivity contribution >= 4 is 17.1 Å². The van der Waals surface area contributed by atoms with Gasteiger partial charge in [-0.2, -0.15) is 4.98 Å². The van der Waals surface area contributed by atoms with Gasteiger partial charge < -0.3 is 24.2 Å². The van der Waals surface area contributed by atoms with Gasteiger partial charge in [-0.15, -0.1) is 0 Å². The first-order chi connectivity index (χ1) is 14.8. The topological polar surface area (TPSA) is 109 Å². The van der Waals surface area contributed by atoms with Gasteiger partial charge in [-0.05, 0) is 26.1 Å². The number of aromatic amines is 1. The van der Waals surface area contributed by atoms with Crippen LogP contribution in [0.1, 0.15) is 5.56 Å². The fraction of sp³-hybridized carbons (Fsp3) is 0.476. The predicted molar refractivity (Wildman–Crippen MR) is 118 cm³/mol. The molecule has 2 N–H and O–H groups in total. The number of ether oxygens (including phenoxy) is 1. The molecule has 166 valence electrons. The molecule has 1 aliphatic rings. The third-order valence-corrected chi connectivity index (χ3v) is 5.63. The minimum Gasteiger partial charge on any atom is -0.491 e. The molecule has 0 unspecified atom stereocenters. The Kier molecular flexibility index (Phi) is 5.84. The minimum atomic E-state index is -0.874. The number of hydrogen-bond acceptors (Lipinski definition) is 7. The number of fused-ring (bicyclic) bond motifs is 1. The number of benzene rings is 1. The molecule has 31 heavy (non-hydrogen) atoms. The Morgan fingerprint density at radius 2 is 1.81 bits per heavy atom. The van der Waals surface area contributed by atoms with E-state index in [0.717, 1.165) is 31.7 Å². The average Bonchev–Trinajstić information content (AvgIpc) is 3.12. The number of H-pyrrole nitrogens is 1. The number of aliphatic hydroxyl groups is 1. The second-order valence-corrected chi connectivity index (χ2v) is 8.08. The molecule has 0 amide bonds. The zero-order valence-electron chi connectivity index (χ0n) is 18.0. The number of anilines is 1. The Bertz CT molecular complexity index is 1170. The van der Waals surface area contributed by atoms with Gasteiger partial charge in [0.1, 0.15) is 18.5 Å². The molecule has 0 spiro atoms. The second-order valence-electron chi connectivity index (χ2n) is 8.08. The van der Waals surface area contributed by atoms with Gasteiger partial charge in [-0.3, -0.25) is 14.3 Å². The van der Waals surface area contributed by atoms with Gasteiger partial charge in [0, 0.05) is 33.2 Å². The monoisotopic (exact) mass is 428 g/mol. The van der Waals surface area contributed by atoms with Gasteiger partial charge in [0.15, 0.2) is 11.2 Å². The number of aromatic nitrogens is 4. The lowest BCUT2D eigenvalue weighted by atomic mass is 10.2. The summed E-state index contributed by atoms with van der Waals surface area (Å²) in [7, 11) is 3.63. The zero-order chi connectivity index (χ0) is 22.1. The van der Waals surface area contributed by atoms with E-state index in [0.29, 0.717) is 17.3 Å². The maximum Gasteiger partial charge on any atom is 0.329 e. The Morgan fingerprint density at radius 1 is 1.13 bits per heavy atom. The van der Waals surface area contributed by atoms with E-state index >= 15 is 0 Å². The summed E-state index contributed by atoms with van der Waals surface area (Å²) in [4.78, 5) is 36.0. The Labute approximate surface area is 179 Å². The molecule has 2 aromatic heterocycles. The van der Waals surface area contributed by atoms with Crippen LogP contribution >= 0.6 is 0 Å². The first kappa shape index (κ1) is 21.1. The van der Waals surface area contributed by atoms with E-state index in [4.69, 9.17) is 4.74 Å². The molecular formula is C21H28N6O4. The fourth-order valence-electron chi connectivity index (χ4n) is 3.73. The maximum atomic E-state index is 12.6. The normalized spacial score (nSPS) is 16.1. The van der Waals surface area contributed by atoms with Gasteiger partial charge in [0.05, 0.1) is 6.54 Å². The van der Waals surface area contributed by atoms with Crippen molar-refractivity contribution in [3.8, 4) is 5.75 Å². The van der Waals surface area contributed by atoms with Crippen LogP contribution in [0.25, 0.3) is 11.2 Å². The van der Waals surface area contributed by atoms with Crippen LogP contribution < -0.4 is 20.9 Å². The Morgan fingerprint density at radius 3 is 2.48 bits per heavy atom. The smallest absolute Gasteiger partial charge is 0.329 e. The lowest BCUT2D eigenvalue weighted by Crippen LogP contribution is -2.45. The molecule has 0 radical (unpaired) electrons. The second kappa shape index (κ2) is 8.56. The Balaban J connectivity index is 1.65. The highest BCUT2D eigenvalue weighted by Gasteiger charge is 2.25. The van der Waals surface area contributed by atoms with Gasteiger partial charge in [0.2, 0.25) is 5.95 Å². The van der Waals surface area contributed by atoms with Crippen LogP contribution in [0.15, 0.2) is 33.9 Å². The van der Waals surface area contributed by atoms with Crippen LogP contribution in [0.5, 0.6) is 5.75 Å². The van der Waals surface area contributed by atoms with Gasteiger partial charge >= 0.3 is 5.69 Å². The molecule has 1 fully saturated rings. The van der Waals surface area contributed by atoms with E-state index in [-0.39, 0.29) is 18.7 Å². The molecule has 1 aliphatic heterocycles. The van der Waals surface area contributed by atoms with Crippen LogP contribution in [0.4, 0.5) is 5.95 Å². The van der Waals surface area contributed by atoms with E-state index in [1.807, 2.05) is 31.2 Å². The van der Waals surface area contributed by atoms with Gasteiger partial charge in [-0.25, -0.2) is 4.79 Å². The quantitative estimate of drug-likeness (QED) is 0.565.